The molecule has 1 atom stereocenters. The van der Waals surface area contributed by atoms with Crippen molar-refractivity contribution >= 4 is 23.6 Å². The summed E-state index contributed by atoms with van der Waals surface area (Å²) in [6.45, 7) is 18.7. The molecule has 0 radical (unpaired) electrons. The van der Waals surface area contributed by atoms with E-state index in [0.717, 1.165) is 0 Å². The Hall–Kier alpha value is -2.64. The van der Waals surface area contributed by atoms with Crippen LogP contribution < -0.4 is 15.6 Å². The zero-order valence-electron chi connectivity index (χ0n) is 22.2. The highest BCUT2D eigenvalue weighted by molar-refractivity contribution is 7.14. The van der Waals surface area contributed by atoms with E-state index < -0.39 is 8.07 Å². The van der Waals surface area contributed by atoms with Gasteiger partial charge in [-0.2, -0.15) is 0 Å². The largest absolute Gasteiger partial charge is 0.161 e. The van der Waals surface area contributed by atoms with Gasteiger partial charge in [0.15, 0.2) is 8.07 Å². The molecule has 0 N–H and O–H groups in total. The summed E-state index contributed by atoms with van der Waals surface area (Å²) < 4.78 is 0. The van der Waals surface area contributed by atoms with E-state index in [0.29, 0.717) is 11.8 Å². The van der Waals surface area contributed by atoms with Gasteiger partial charge < -0.3 is 0 Å². The lowest BCUT2D eigenvalue weighted by Crippen LogP contribution is -2.73. The summed E-state index contributed by atoms with van der Waals surface area (Å²) in [4.78, 5) is 0. The zero-order valence-corrected chi connectivity index (χ0v) is 23.2. The van der Waals surface area contributed by atoms with Crippen molar-refractivity contribution in [3.05, 3.63) is 113 Å². The molecule has 1 aliphatic rings. The van der Waals surface area contributed by atoms with Crippen LogP contribution in [0.5, 0.6) is 0 Å². The second-order valence-electron chi connectivity index (χ2n) is 11.0. The molecule has 0 heterocycles. The van der Waals surface area contributed by atoms with Gasteiger partial charge in [0.2, 0.25) is 0 Å². The van der Waals surface area contributed by atoms with Gasteiger partial charge in [-0.05, 0) is 64.9 Å². The molecule has 0 saturated carbocycles. The fraction of sp³-hybridized carbons (Fsp3) is 0.333. The van der Waals surface area contributed by atoms with Crippen LogP contribution in [-0.2, 0) is 0 Å². The highest BCUT2D eigenvalue weighted by atomic mass is 28.3. The lowest BCUT2D eigenvalue weighted by molar-refractivity contribution is 0.858. The molecule has 176 valence electrons. The summed E-state index contributed by atoms with van der Waals surface area (Å²) in [6, 6.07) is 30.5. The molecular weight excluding hydrogens is 424 g/mol. The van der Waals surface area contributed by atoms with Crippen molar-refractivity contribution in [1.29, 1.82) is 0 Å². The van der Waals surface area contributed by atoms with E-state index in [9.17, 15) is 0 Å². The molecule has 1 heteroatoms. The Labute approximate surface area is 208 Å². The van der Waals surface area contributed by atoms with E-state index in [1.54, 1.807) is 0 Å². The fourth-order valence-electron chi connectivity index (χ4n) is 6.07. The van der Waals surface area contributed by atoms with Crippen molar-refractivity contribution in [3.63, 3.8) is 0 Å². The van der Waals surface area contributed by atoms with Crippen LogP contribution in [-0.4, -0.2) is 8.07 Å². The molecule has 3 aromatic carbocycles. The Morgan fingerprint density at radius 3 is 1.50 bits per heavy atom. The van der Waals surface area contributed by atoms with Crippen LogP contribution in [0.2, 0.25) is 5.04 Å². The summed E-state index contributed by atoms with van der Waals surface area (Å²) in [5, 5.41) is 4.43. The Kier molecular flexibility index (Phi) is 6.62. The average Bonchev–Trinajstić information content (AvgIpc) is 3.03. The molecule has 0 amide bonds. The molecule has 34 heavy (non-hydrogen) atoms. The van der Waals surface area contributed by atoms with Crippen LogP contribution in [0, 0.1) is 0 Å². The van der Waals surface area contributed by atoms with Gasteiger partial charge in [-0.15, -0.1) is 0 Å². The molecule has 0 aliphatic heterocycles. The first-order valence-corrected chi connectivity index (χ1v) is 14.8. The molecule has 1 aliphatic carbocycles. The minimum atomic E-state index is -2.55. The molecule has 0 spiro atoms. The average molecular weight is 465 g/mol. The predicted octanol–water partition coefficient (Wildman–Crippen LogP) is 7.46. The second-order valence-corrected chi connectivity index (χ2v) is 15.2. The third-order valence-electron chi connectivity index (χ3n) is 8.40. The van der Waals surface area contributed by atoms with Gasteiger partial charge in [-0.1, -0.05) is 131 Å². The topological polar surface area (TPSA) is 0 Å². The Morgan fingerprint density at radius 2 is 1.09 bits per heavy atom. The number of rotatable bonds is 6. The maximum atomic E-state index is 2.60. The smallest absolute Gasteiger partial charge is 0.0730 e. The van der Waals surface area contributed by atoms with Gasteiger partial charge in [0.1, 0.15) is 0 Å². The Bertz CT molecular complexity index is 1190. The van der Waals surface area contributed by atoms with Crippen molar-refractivity contribution in [2.24, 2.45) is 0 Å². The second kappa shape index (κ2) is 9.19. The molecule has 0 saturated heterocycles. The van der Waals surface area contributed by atoms with Gasteiger partial charge in [0, 0.05) is 5.04 Å². The van der Waals surface area contributed by atoms with Crippen LogP contribution in [0.1, 0.15) is 78.4 Å². The maximum Gasteiger partial charge on any atom is 0.161 e. The van der Waals surface area contributed by atoms with Crippen LogP contribution in [0.25, 0.3) is 0 Å². The zero-order chi connectivity index (χ0) is 24.7. The first-order chi connectivity index (χ1) is 16.1. The van der Waals surface area contributed by atoms with Crippen LogP contribution in [0.4, 0.5) is 0 Å². The summed E-state index contributed by atoms with van der Waals surface area (Å²) in [5.41, 5.74) is 7.24. The van der Waals surface area contributed by atoms with Crippen LogP contribution in [0.15, 0.2) is 102 Å². The summed E-state index contributed by atoms with van der Waals surface area (Å²) in [7, 11) is -2.55. The predicted molar refractivity (Wildman–Crippen MR) is 153 cm³/mol. The van der Waals surface area contributed by atoms with E-state index >= 15 is 0 Å². The highest BCUT2D eigenvalue weighted by Gasteiger charge is 2.56. The van der Waals surface area contributed by atoms with E-state index in [1.165, 1.54) is 43.4 Å². The van der Waals surface area contributed by atoms with E-state index in [4.69, 9.17) is 0 Å². The standard InChI is InChI=1S/C33H40Si/c1-23(2)28-14-12-18-31(20-28)34(30-16-10-9-11-17-30,32-19-13-15-29(21-32)24(3)4)33(8)22-25(5)26(6)27(33)7/h9-24H,1-8H3. The van der Waals surface area contributed by atoms with Crippen molar-refractivity contribution < 1.29 is 0 Å². The third kappa shape index (κ3) is 3.75. The van der Waals surface area contributed by atoms with Crippen molar-refractivity contribution in [1.82, 2.24) is 0 Å². The molecule has 3 aromatic rings. The van der Waals surface area contributed by atoms with Gasteiger partial charge in [0.25, 0.3) is 0 Å². The Morgan fingerprint density at radius 1 is 0.618 bits per heavy atom. The Balaban J connectivity index is 2.21. The van der Waals surface area contributed by atoms with Crippen molar-refractivity contribution in [2.75, 3.05) is 0 Å². The SMILES string of the molecule is CC1=CC(C)([Si](c2ccccc2)(c2cccc(C(C)C)c2)c2cccc(C(C)C)c2)C(C)=C1C. The monoisotopic (exact) mass is 464 g/mol. The fourth-order valence-corrected chi connectivity index (χ4v) is 12.2. The first-order valence-electron chi connectivity index (χ1n) is 12.8. The van der Waals surface area contributed by atoms with Crippen LogP contribution in [0.3, 0.4) is 0 Å². The molecule has 0 nitrogen and oxygen atoms in total. The lowest BCUT2D eigenvalue weighted by atomic mass is 10.0. The minimum Gasteiger partial charge on any atom is -0.0730 e. The number of hydrogen-bond donors (Lipinski definition) is 0. The summed E-state index contributed by atoms with van der Waals surface area (Å²) in [5.74, 6) is 0.993. The van der Waals surface area contributed by atoms with E-state index in [2.05, 4.69) is 140 Å². The minimum absolute atomic E-state index is 0.0618. The molecular formula is C33H40Si. The lowest BCUT2D eigenvalue weighted by Gasteiger charge is -2.47. The third-order valence-corrected chi connectivity index (χ3v) is 14.0. The summed E-state index contributed by atoms with van der Waals surface area (Å²) >= 11 is 0. The van der Waals surface area contributed by atoms with E-state index in [1.807, 2.05) is 0 Å². The molecule has 4 rings (SSSR count). The number of hydrogen-bond acceptors (Lipinski definition) is 0. The van der Waals surface area contributed by atoms with Gasteiger partial charge in [-0.25, -0.2) is 0 Å². The first kappa shape index (κ1) is 24.5. The van der Waals surface area contributed by atoms with Crippen molar-refractivity contribution in [3.8, 4) is 0 Å². The highest BCUT2D eigenvalue weighted by Crippen LogP contribution is 2.52. The van der Waals surface area contributed by atoms with E-state index in [-0.39, 0.29) is 5.04 Å². The number of benzene rings is 3. The molecule has 1 unspecified atom stereocenters. The normalized spacial score (nSPS) is 18.7. The van der Waals surface area contributed by atoms with Crippen molar-refractivity contribution in [2.45, 2.75) is 72.3 Å². The van der Waals surface area contributed by atoms with Gasteiger partial charge >= 0.3 is 0 Å². The van der Waals surface area contributed by atoms with Gasteiger partial charge in [-0.3, -0.25) is 0 Å². The van der Waals surface area contributed by atoms with Crippen LogP contribution >= 0.6 is 0 Å². The molecule has 0 bridgehead atoms. The molecule has 0 fully saturated rings. The number of allylic oxidation sites excluding steroid dienone is 4. The molecule has 0 aromatic heterocycles. The quantitative estimate of drug-likeness (QED) is 0.262. The maximum absolute atomic E-state index is 2.60. The van der Waals surface area contributed by atoms with Gasteiger partial charge in [0.05, 0.1) is 0 Å². The summed E-state index contributed by atoms with van der Waals surface area (Å²) in [6.07, 6.45) is 2.60.